The second-order valence-corrected chi connectivity index (χ2v) is 9.47. The summed E-state index contributed by atoms with van der Waals surface area (Å²) in [7, 11) is 1.61. The molecule has 0 aliphatic carbocycles. The van der Waals surface area contributed by atoms with Crippen LogP contribution in [0.2, 0.25) is 0 Å². The highest BCUT2D eigenvalue weighted by atomic mass is 32.2. The zero-order valence-electron chi connectivity index (χ0n) is 20.1. The first-order chi connectivity index (χ1) is 16.9. The summed E-state index contributed by atoms with van der Waals surface area (Å²) in [6, 6.07) is 7.25. The van der Waals surface area contributed by atoms with Gasteiger partial charge in [-0.15, -0.1) is 28.1 Å². The summed E-state index contributed by atoms with van der Waals surface area (Å²) in [5, 5.41) is 12.3. The maximum Gasteiger partial charge on any atom is 0.341 e. The van der Waals surface area contributed by atoms with Gasteiger partial charge in [0.2, 0.25) is 5.91 Å². The van der Waals surface area contributed by atoms with E-state index in [1.165, 1.54) is 23.1 Å². The average Bonchev–Trinajstić information content (AvgIpc) is 3.36. The molecule has 0 saturated heterocycles. The smallest absolute Gasteiger partial charge is 0.341 e. The minimum atomic E-state index is -0.440. The zero-order chi connectivity index (χ0) is 25.4. The first-order valence-corrected chi connectivity index (χ1v) is 12.7. The first kappa shape index (κ1) is 26.3. The van der Waals surface area contributed by atoms with E-state index in [-0.39, 0.29) is 24.9 Å². The number of allylic oxidation sites excluding steroid dienone is 1. The van der Waals surface area contributed by atoms with E-state index in [9.17, 15) is 9.59 Å². The van der Waals surface area contributed by atoms with Crippen molar-refractivity contribution in [3.63, 3.8) is 0 Å². The Bertz CT molecular complexity index is 1190. The molecule has 3 aromatic rings. The van der Waals surface area contributed by atoms with Crippen LogP contribution in [0.1, 0.15) is 33.5 Å². The number of aryl methyl sites for hydroxylation is 1. The number of hydrogen-bond donors (Lipinski definition) is 1. The summed E-state index contributed by atoms with van der Waals surface area (Å²) >= 11 is 2.60. The fraction of sp³-hybridized carbons (Fsp3) is 0.333. The van der Waals surface area contributed by atoms with Gasteiger partial charge in [0.05, 0.1) is 25.0 Å². The molecule has 0 bridgehead atoms. The number of methoxy groups -OCH3 is 1. The Hall–Kier alpha value is -3.31. The molecule has 1 N–H and O–H groups in total. The molecular weight excluding hydrogens is 488 g/mol. The van der Waals surface area contributed by atoms with Crippen molar-refractivity contribution in [3.8, 4) is 11.5 Å². The highest BCUT2D eigenvalue weighted by molar-refractivity contribution is 7.99. The summed E-state index contributed by atoms with van der Waals surface area (Å²) in [4.78, 5) is 26.0. The van der Waals surface area contributed by atoms with Crippen LogP contribution in [0.4, 0.5) is 5.00 Å². The van der Waals surface area contributed by atoms with Gasteiger partial charge in [-0.05, 0) is 50.6 Å². The summed E-state index contributed by atoms with van der Waals surface area (Å²) in [6.07, 6.45) is 1.73. The fourth-order valence-electron chi connectivity index (χ4n) is 3.12. The number of thioether (sulfide) groups is 1. The van der Waals surface area contributed by atoms with Crippen LogP contribution in [-0.2, 0) is 22.7 Å². The van der Waals surface area contributed by atoms with E-state index >= 15 is 0 Å². The molecule has 2 heterocycles. The molecule has 1 aromatic carbocycles. The predicted molar refractivity (Wildman–Crippen MR) is 137 cm³/mol. The Morgan fingerprint density at radius 2 is 1.91 bits per heavy atom. The van der Waals surface area contributed by atoms with Crippen molar-refractivity contribution in [3.05, 3.63) is 58.7 Å². The van der Waals surface area contributed by atoms with Gasteiger partial charge in [-0.1, -0.05) is 17.8 Å². The van der Waals surface area contributed by atoms with Crippen LogP contribution < -0.4 is 14.8 Å². The van der Waals surface area contributed by atoms with Crippen molar-refractivity contribution in [2.45, 2.75) is 39.1 Å². The van der Waals surface area contributed by atoms with Crippen molar-refractivity contribution >= 4 is 40.0 Å². The van der Waals surface area contributed by atoms with E-state index in [2.05, 4.69) is 22.1 Å². The third kappa shape index (κ3) is 6.64. The number of anilines is 1. The minimum absolute atomic E-state index is 0.0902. The molecule has 0 fully saturated rings. The molecule has 2 aromatic heterocycles. The van der Waals surface area contributed by atoms with E-state index in [1.807, 2.05) is 42.7 Å². The number of thiophene rings is 1. The van der Waals surface area contributed by atoms with Crippen LogP contribution in [0, 0.1) is 13.8 Å². The van der Waals surface area contributed by atoms with Crippen LogP contribution in [0.5, 0.6) is 11.5 Å². The highest BCUT2D eigenvalue weighted by Crippen LogP contribution is 2.33. The Morgan fingerprint density at radius 3 is 2.57 bits per heavy atom. The zero-order valence-corrected chi connectivity index (χ0v) is 21.8. The number of carbonyl (C=O) groups is 2. The molecule has 1 amide bonds. The van der Waals surface area contributed by atoms with Crippen molar-refractivity contribution in [2.24, 2.45) is 0 Å². The molecule has 0 atom stereocenters. The largest absolute Gasteiger partial charge is 0.497 e. The topological polar surface area (TPSA) is 105 Å². The number of ether oxygens (including phenoxy) is 3. The van der Waals surface area contributed by atoms with Crippen LogP contribution in [0.3, 0.4) is 0 Å². The van der Waals surface area contributed by atoms with E-state index in [0.29, 0.717) is 33.8 Å². The lowest BCUT2D eigenvalue weighted by Crippen LogP contribution is -2.17. The molecule has 0 radical (unpaired) electrons. The lowest BCUT2D eigenvalue weighted by atomic mass is 10.1. The van der Waals surface area contributed by atoms with Gasteiger partial charge >= 0.3 is 5.97 Å². The Balaban J connectivity index is 1.65. The lowest BCUT2D eigenvalue weighted by Gasteiger charge is -2.10. The predicted octanol–water partition coefficient (Wildman–Crippen LogP) is 4.64. The number of hydrogen-bond acceptors (Lipinski definition) is 9. The molecular formula is C24H28N4O5S2. The molecule has 0 saturated carbocycles. The normalized spacial score (nSPS) is 10.6. The second kappa shape index (κ2) is 12.4. The van der Waals surface area contributed by atoms with E-state index in [4.69, 9.17) is 14.2 Å². The third-order valence-electron chi connectivity index (χ3n) is 4.98. The Kier molecular flexibility index (Phi) is 9.32. The standard InChI is InChI=1S/C24H28N4O5S2/c1-6-12-28-19(13-33-18-10-8-17(31-5)9-11-18)26-27-24(28)34-14-20(29)25-22-21(23(30)32-7-2)15(3)16(4)35-22/h6,8-11H,1,7,12-14H2,2-5H3,(H,25,29). The molecule has 11 heteroatoms. The van der Waals surface area contributed by atoms with E-state index in [1.54, 1.807) is 20.1 Å². The third-order valence-corrected chi connectivity index (χ3v) is 7.07. The number of esters is 1. The van der Waals surface area contributed by atoms with Crippen molar-refractivity contribution in [2.75, 3.05) is 24.8 Å². The van der Waals surface area contributed by atoms with Gasteiger partial charge in [-0.2, -0.15) is 0 Å². The molecule has 9 nitrogen and oxygen atoms in total. The number of amides is 1. The monoisotopic (exact) mass is 516 g/mol. The van der Waals surface area contributed by atoms with Crippen molar-refractivity contribution in [1.82, 2.24) is 14.8 Å². The van der Waals surface area contributed by atoms with Gasteiger partial charge in [0, 0.05) is 11.4 Å². The van der Waals surface area contributed by atoms with E-state index < -0.39 is 5.97 Å². The van der Waals surface area contributed by atoms with Crippen LogP contribution in [-0.4, -0.2) is 46.1 Å². The molecule has 3 rings (SSSR count). The quantitative estimate of drug-likeness (QED) is 0.211. The van der Waals surface area contributed by atoms with Gasteiger partial charge in [0.1, 0.15) is 23.1 Å². The first-order valence-electron chi connectivity index (χ1n) is 10.9. The van der Waals surface area contributed by atoms with Crippen LogP contribution in [0.25, 0.3) is 0 Å². The minimum Gasteiger partial charge on any atom is -0.497 e. The van der Waals surface area contributed by atoms with Gasteiger partial charge in [0.15, 0.2) is 11.0 Å². The number of carbonyl (C=O) groups excluding carboxylic acids is 2. The number of aromatic nitrogens is 3. The van der Waals surface area contributed by atoms with Crippen LogP contribution >= 0.6 is 23.1 Å². The number of nitrogens with zero attached hydrogens (tertiary/aromatic N) is 3. The molecule has 0 aliphatic heterocycles. The molecule has 35 heavy (non-hydrogen) atoms. The fourth-order valence-corrected chi connectivity index (χ4v) is 4.95. The maximum atomic E-state index is 12.7. The number of benzene rings is 1. The van der Waals surface area contributed by atoms with Gasteiger partial charge in [-0.25, -0.2) is 4.79 Å². The summed E-state index contributed by atoms with van der Waals surface area (Å²) in [5.74, 6) is 1.42. The maximum absolute atomic E-state index is 12.7. The molecule has 0 spiro atoms. The summed E-state index contributed by atoms with van der Waals surface area (Å²) in [6.45, 7) is 10.2. The molecule has 0 aliphatic rings. The van der Waals surface area contributed by atoms with E-state index in [0.717, 1.165) is 16.2 Å². The lowest BCUT2D eigenvalue weighted by molar-refractivity contribution is -0.113. The Morgan fingerprint density at radius 1 is 1.20 bits per heavy atom. The summed E-state index contributed by atoms with van der Waals surface area (Å²) < 4.78 is 18.0. The Labute approximate surface area is 212 Å². The van der Waals surface area contributed by atoms with Crippen molar-refractivity contribution < 1.29 is 23.8 Å². The van der Waals surface area contributed by atoms with Gasteiger partial charge in [0.25, 0.3) is 0 Å². The number of nitrogens with one attached hydrogen (secondary N) is 1. The summed E-state index contributed by atoms with van der Waals surface area (Å²) in [5.41, 5.74) is 1.21. The molecule has 186 valence electrons. The van der Waals surface area contributed by atoms with Gasteiger partial charge in [-0.3, -0.25) is 9.36 Å². The SMILES string of the molecule is C=CCn1c(COc2ccc(OC)cc2)nnc1SCC(=O)Nc1sc(C)c(C)c1C(=O)OCC. The number of rotatable bonds is 12. The van der Waals surface area contributed by atoms with Gasteiger partial charge < -0.3 is 19.5 Å². The average molecular weight is 517 g/mol. The van der Waals surface area contributed by atoms with Crippen LogP contribution in [0.15, 0.2) is 42.1 Å². The molecule has 0 unspecified atom stereocenters. The van der Waals surface area contributed by atoms with Crippen molar-refractivity contribution in [1.29, 1.82) is 0 Å². The second-order valence-electron chi connectivity index (χ2n) is 7.31. The highest BCUT2D eigenvalue weighted by Gasteiger charge is 2.22.